The van der Waals surface area contributed by atoms with Gasteiger partial charge in [0.25, 0.3) is 0 Å². The van der Waals surface area contributed by atoms with Gasteiger partial charge in [-0.05, 0) is 67.9 Å². The Balaban J connectivity index is 1.33. The predicted octanol–water partition coefficient (Wildman–Crippen LogP) is 4.83. The number of hydrogen-bond acceptors (Lipinski definition) is 8. The van der Waals surface area contributed by atoms with Crippen LogP contribution in [0.15, 0.2) is 30.3 Å². The molecule has 0 bridgehead atoms. The van der Waals surface area contributed by atoms with Crippen molar-refractivity contribution >= 4 is 34.0 Å². The van der Waals surface area contributed by atoms with Crippen LogP contribution in [0.25, 0.3) is 11.6 Å². The average Bonchev–Trinajstić information content (AvgIpc) is 3.36. The lowest BCUT2D eigenvalue weighted by Gasteiger charge is -2.33. The molecule has 0 aliphatic carbocycles. The molecule has 3 heterocycles. The van der Waals surface area contributed by atoms with Crippen LogP contribution in [0.5, 0.6) is 11.5 Å². The van der Waals surface area contributed by atoms with Crippen molar-refractivity contribution in [2.75, 3.05) is 51.8 Å². The summed E-state index contributed by atoms with van der Waals surface area (Å²) in [6, 6.07) is 11.9. The van der Waals surface area contributed by atoms with Crippen LogP contribution in [-0.4, -0.2) is 63.9 Å². The molecule has 2 fully saturated rings. The van der Waals surface area contributed by atoms with Crippen molar-refractivity contribution in [3.63, 3.8) is 0 Å². The Hall–Kier alpha value is -3.02. The fourth-order valence-electron chi connectivity index (χ4n) is 4.63. The molecule has 35 heavy (non-hydrogen) atoms. The molecular formula is C27H33N3O4S. The number of piperidine rings is 2. The number of nitrogens with zero attached hydrogens (tertiary/aromatic N) is 3. The third-order valence-electron chi connectivity index (χ3n) is 6.57. The van der Waals surface area contributed by atoms with Gasteiger partial charge >= 0.3 is 5.97 Å². The summed E-state index contributed by atoms with van der Waals surface area (Å²) in [6.45, 7) is 4.13. The molecule has 2 saturated heterocycles. The van der Waals surface area contributed by atoms with E-state index in [1.165, 1.54) is 24.3 Å². The first-order chi connectivity index (χ1) is 17.1. The number of ether oxygens (including phenoxy) is 3. The van der Waals surface area contributed by atoms with E-state index in [0.29, 0.717) is 23.6 Å². The summed E-state index contributed by atoms with van der Waals surface area (Å²) >= 11 is 1.66. The van der Waals surface area contributed by atoms with Gasteiger partial charge in [0.05, 0.1) is 37.4 Å². The van der Waals surface area contributed by atoms with Gasteiger partial charge in [0.1, 0.15) is 6.10 Å². The van der Waals surface area contributed by atoms with Crippen LogP contribution in [0, 0.1) is 11.3 Å². The zero-order chi connectivity index (χ0) is 24.6. The minimum absolute atomic E-state index is 0.00175. The van der Waals surface area contributed by atoms with Gasteiger partial charge in [0.15, 0.2) is 11.5 Å². The molecule has 0 unspecified atom stereocenters. The maximum absolute atomic E-state index is 12.3. The molecule has 8 heteroatoms. The standard InChI is InChI=1S/C27H33N3O4S/c1-32-24-8-6-20(17-25(24)33-2)21(18-28)16-23-7-9-26(35-23)30-14-10-22(11-15-30)34-27(31)19-29-12-4-3-5-13-29/h6-9,16-17,22H,3-5,10-15,19H2,1-2H3. The Kier molecular flexibility index (Phi) is 8.67. The summed E-state index contributed by atoms with van der Waals surface area (Å²) in [4.78, 5) is 17.9. The van der Waals surface area contributed by atoms with E-state index in [0.717, 1.165) is 49.5 Å². The minimum Gasteiger partial charge on any atom is -0.493 e. The van der Waals surface area contributed by atoms with Gasteiger partial charge in [-0.1, -0.05) is 6.42 Å². The quantitative estimate of drug-likeness (QED) is 0.384. The van der Waals surface area contributed by atoms with Crippen LogP contribution in [0.2, 0.25) is 0 Å². The van der Waals surface area contributed by atoms with Crippen LogP contribution in [-0.2, 0) is 9.53 Å². The Morgan fingerprint density at radius 1 is 1.06 bits per heavy atom. The Labute approximate surface area is 211 Å². The van der Waals surface area contributed by atoms with Crippen molar-refractivity contribution in [2.24, 2.45) is 0 Å². The van der Waals surface area contributed by atoms with Crippen LogP contribution in [0.1, 0.15) is 42.5 Å². The number of rotatable bonds is 8. The number of thiophene rings is 1. The lowest BCUT2D eigenvalue weighted by Crippen LogP contribution is -2.40. The molecule has 0 radical (unpaired) electrons. The average molecular weight is 496 g/mol. The van der Waals surface area contributed by atoms with E-state index in [9.17, 15) is 10.1 Å². The highest BCUT2D eigenvalue weighted by Gasteiger charge is 2.24. The molecular weight excluding hydrogens is 462 g/mol. The molecule has 2 aromatic rings. The summed E-state index contributed by atoms with van der Waals surface area (Å²) in [5.74, 6) is 1.14. The number of nitriles is 1. The van der Waals surface area contributed by atoms with Crippen molar-refractivity contribution in [3.05, 3.63) is 40.8 Å². The number of methoxy groups -OCH3 is 2. The monoisotopic (exact) mass is 495 g/mol. The SMILES string of the molecule is COc1ccc(C(C#N)=Cc2ccc(N3CCC(OC(=O)CN4CCCCC4)CC3)s2)cc1OC. The Bertz CT molecular complexity index is 1080. The number of likely N-dealkylation sites (tertiary alicyclic amines) is 1. The molecule has 2 aliphatic rings. The highest BCUT2D eigenvalue weighted by atomic mass is 32.1. The third-order valence-corrected chi connectivity index (χ3v) is 7.66. The van der Waals surface area contributed by atoms with Gasteiger partial charge in [-0.15, -0.1) is 11.3 Å². The molecule has 0 N–H and O–H groups in total. The fraction of sp³-hybridized carbons (Fsp3) is 0.481. The second-order valence-electron chi connectivity index (χ2n) is 8.93. The van der Waals surface area contributed by atoms with Crippen LogP contribution in [0.3, 0.4) is 0 Å². The predicted molar refractivity (Wildman–Crippen MR) is 139 cm³/mol. The summed E-state index contributed by atoms with van der Waals surface area (Å²) < 4.78 is 16.4. The Morgan fingerprint density at radius 3 is 2.49 bits per heavy atom. The zero-order valence-electron chi connectivity index (χ0n) is 20.5. The van der Waals surface area contributed by atoms with Gasteiger partial charge in [0.2, 0.25) is 0 Å². The molecule has 1 aromatic carbocycles. The molecule has 7 nitrogen and oxygen atoms in total. The molecule has 0 spiro atoms. The largest absolute Gasteiger partial charge is 0.493 e. The maximum Gasteiger partial charge on any atom is 0.320 e. The van der Waals surface area contributed by atoms with E-state index >= 15 is 0 Å². The summed E-state index contributed by atoms with van der Waals surface area (Å²) in [7, 11) is 3.18. The second kappa shape index (κ2) is 12.1. The number of carbonyl (C=O) groups is 1. The summed E-state index contributed by atoms with van der Waals surface area (Å²) in [5, 5.41) is 10.9. The first-order valence-electron chi connectivity index (χ1n) is 12.2. The van der Waals surface area contributed by atoms with E-state index in [2.05, 4.69) is 21.9 Å². The number of carbonyl (C=O) groups excluding carboxylic acids is 1. The fourth-order valence-corrected chi connectivity index (χ4v) is 5.64. The van der Waals surface area contributed by atoms with Gasteiger partial charge < -0.3 is 19.1 Å². The molecule has 2 aliphatic heterocycles. The number of hydrogen-bond donors (Lipinski definition) is 0. The summed E-state index contributed by atoms with van der Waals surface area (Å²) in [5.41, 5.74) is 1.35. The normalized spacial score (nSPS) is 17.6. The van der Waals surface area contributed by atoms with Gasteiger partial charge in [0, 0.05) is 30.8 Å². The number of benzene rings is 1. The molecule has 1 aromatic heterocycles. The topological polar surface area (TPSA) is 75.0 Å². The first-order valence-corrected chi connectivity index (χ1v) is 13.0. The van der Waals surface area contributed by atoms with Crippen LogP contribution in [0.4, 0.5) is 5.00 Å². The van der Waals surface area contributed by atoms with Crippen molar-refractivity contribution in [3.8, 4) is 17.6 Å². The van der Waals surface area contributed by atoms with E-state index in [1.807, 2.05) is 30.3 Å². The minimum atomic E-state index is -0.0897. The van der Waals surface area contributed by atoms with Crippen molar-refractivity contribution in [1.82, 2.24) is 4.90 Å². The molecule has 0 atom stereocenters. The van der Waals surface area contributed by atoms with Gasteiger partial charge in [-0.2, -0.15) is 5.26 Å². The van der Waals surface area contributed by atoms with Crippen molar-refractivity contribution in [2.45, 2.75) is 38.2 Å². The summed E-state index contributed by atoms with van der Waals surface area (Å²) in [6.07, 6.45) is 7.19. The second-order valence-corrected chi connectivity index (χ2v) is 10.0. The Morgan fingerprint density at radius 2 is 1.80 bits per heavy atom. The molecule has 0 amide bonds. The highest BCUT2D eigenvalue weighted by Crippen LogP contribution is 2.34. The van der Waals surface area contributed by atoms with E-state index in [1.54, 1.807) is 25.6 Å². The lowest BCUT2D eigenvalue weighted by molar-refractivity contribution is -0.151. The third kappa shape index (κ3) is 6.56. The van der Waals surface area contributed by atoms with Crippen LogP contribution >= 0.6 is 11.3 Å². The number of esters is 1. The number of allylic oxidation sites excluding steroid dienone is 1. The van der Waals surface area contributed by atoms with E-state index in [4.69, 9.17) is 14.2 Å². The zero-order valence-corrected chi connectivity index (χ0v) is 21.3. The first kappa shape index (κ1) is 25.1. The molecule has 0 saturated carbocycles. The lowest BCUT2D eigenvalue weighted by atomic mass is 10.1. The van der Waals surface area contributed by atoms with Crippen LogP contribution < -0.4 is 14.4 Å². The maximum atomic E-state index is 12.3. The number of anilines is 1. The van der Waals surface area contributed by atoms with Gasteiger partial charge in [-0.25, -0.2) is 0 Å². The van der Waals surface area contributed by atoms with E-state index < -0.39 is 0 Å². The van der Waals surface area contributed by atoms with Crippen molar-refractivity contribution in [1.29, 1.82) is 5.26 Å². The smallest absolute Gasteiger partial charge is 0.320 e. The van der Waals surface area contributed by atoms with E-state index in [-0.39, 0.29) is 12.1 Å². The van der Waals surface area contributed by atoms with Crippen molar-refractivity contribution < 1.29 is 19.0 Å². The molecule has 186 valence electrons. The van der Waals surface area contributed by atoms with Gasteiger partial charge in [-0.3, -0.25) is 9.69 Å². The highest BCUT2D eigenvalue weighted by molar-refractivity contribution is 7.17. The molecule has 4 rings (SSSR count).